The molecule has 2 rings (SSSR count). The van der Waals surface area contributed by atoms with Gasteiger partial charge in [-0.15, -0.1) is 0 Å². The molecule has 0 radical (unpaired) electrons. The smallest absolute Gasteiger partial charge is 0.238 e. The zero-order chi connectivity index (χ0) is 12.3. The molecule has 1 heterocycles. The maximum absolute atomic E-state index is 5.29. The largest absolute Gasteiger partial charge is 0.292 e. The fourth-order valence-electron chi connectivity index (χ4n) is 1.27. The van der Waals surface area contributed by atoms with Crippen LogP contribution in [-0.4, -0.2) is 9.97 Å². The topological polar surface area (TPSA) is 63.8 Å². The highest BCUT2D eigenvalue weighted by Gasteiger charge is 2.07. The second-order valence-electron chi connectivity index (χ2n) is 3.36. The fourth-order valence-corrected chi connectivity index (χ4v) is 2.57. The minimum atomic E-state index is 0.407. The maximum Gasteiger partial charge on any atom is 0.238 e. The number of hydrogen-bond acceptors (Lipinski definition) is 5. The lowest BCUT2D eigenvalue weighted by atomic mass is 10.2. The van der Waals surface area contributed by atoms with Crippen LogP contribution in [0.25, 0.3) is 0 Å². The van der Waals surface area contributed by atoms with Crippen molar-refractivity contribution in [1.82, 2.24) is 9.97 Å². The molecule has 0 aliphatic rings. The molecule has 0 amide bonds. The van der Waals surface area contributed by atoms with Crippen LogP contribution in [0.1, 0.15) is 5.56 Å². The molecule has 0 saturated carbocycles. The number of anilines is 1. The second-order valence-corrected chi connectivity index (χ2v) is 5.24. The summed E-state index contributed by atoms with van der Waals surface area (Å²) in [5.74, 6) is 5.70. The van der Waals surface area contributed by atoms with E-state index in [9.17, 15) is 0 Å². The van der Waals surface area contributed by atoms with Gasteiger partial charge in [-0.1, -0.05) is 30.0 Å². The number of nitrogens with two attached hydrogens (primary N) is 1. The Balaban J connectivity index is 2.32. The summed E-state index contributed by atoms with van der Waals surface area (Å²) in [5, 5.41) is 0.835. The monoisotopic (exact) mass is 310 g/mol. The molecule has 0 fully saturated rings. The molecule has 0 bridgehead atoms. The van der Waals surface area contributed by atoms with E-state index in [1.54, 1.807) is 18.0 Å². The number of nitrogen functional groups attached to an aromatic ring is 1. The molecule has 0 unspecified atom stereocenters. The fraction of sp³-hybridized carbons (Fsp3) is 0.0909. The van der Waals surface area contributed by atoms with Gasteiger partial charge in [0.15, 0.2) is 0 Å². The van der Waals surface area contributed by atoms with Gasteiger partial charge < -0.3 is 0 Å². The average Bonchev–Trinajstić information content (AvgIpc) is 2.35. The molecule has 88 valence electrons. The summed E-state index contributed by atoms with van der Waals surface area (Å²) >= 11 is 5.00. The molecule has 3 N–H and O–H groups in total. The highest BCUT2D eigenvalue weighted by molar-refractivity contribution is 9.10. The third-order valence-corrected chi connectivity index (χ3v) is 4.17. The molecule has 0 saturated heterocycles. The van der Waals surface area contributed by atoms with Crippen LogP contribution in [0.2, 0.25) is 0 Å². The Kier molecular flexibility index (Phi) is 3.98. The molecular weight excluding hydrogens is 300 g/mol. The minimum absolute atomic E-state index is 0.407. The van der Waals surface area contributed by atoms with E-state index in [1.165, 1.54) is 5.56 Å². The van der Waals surface area contributed by atoms with Crippen LogP contribution in [0.15, 0.2) is 44.9 Å². The molecule has 1 aromatic carbocycles. The minimum Gasteiger partial charge on any atom is -0.292 e. The van der Waals surface area contributed by atoms with E-state index in [1.807, 2.05) is 12.1 Å². The molecule has 0 atom stereocenters. The first-order valence-electron chi connectivity index (χ1n) is 4.93. The zero-order valence-electron chi connectivity index (χ0n) is 9.14. The van der Waals surface area contributed by atoms with Crippen molar-refractivity contribution >= 4 is 33.6 Å². The number of aryl methyl sites for hydroxylation is 1. The van der Waals surface area contributed by atoms with Gasteiger partial charge >= 0.3 is 0 Å². The van der Waals surface area contributed by atoms with Crippen LogP contribution < -0.4 is 11.3 Å². The Labute approximate surface area is 112 Å². The van der Waals surface area contributed by atoms with Crippen LogP contribution in [0.5, 0.6) is 0 Å². The Bertz CT molecular complexity index is 533. The van der Waals surface area contributed by atoms with Crippen molar-refractivity contribution in [3.8, 4) is 0 Å². The molecule has 0 aliphatic heterocycles. The Morgan fingerprint density at radius 1 is 1.35 bits per heavy atom. The first kappa shape index (κ1) is 12.3. The number of rotatable bonds is 3. The quantitative estimate of drug-likeness (QED) is 0.518. The molecule has 0 spiro atoms. The molecule has 1 aromatic heterocycles. The summed E-state index contributed by atoms with van der Waals surface area (Å²) in [4.78, 5) is 9.47. The SMILES string of the molecule is Cc1ccccc1Sc1nc(NN)ncc1Br. The van der Waals surface area contributed by atoms with Gasteiger partial charge in [-0.3, -0.25) is 5.43 Å². The summed E-state index contributed by atoms with van der Waals surface area (Å²) in [7, 11) is 0. The number of halogens is 1. The van der Waals surface area contributed by atoms with Crippen molar-refractivity contribution in [2.45, 2.75) is 16.8 Å². The average molecular weight is 311 g/mol. The second kappa shape index (κ2) is 5.48. The lowest BCUT2D eigenvalue weighted by Crippen LogP contribution is -2.10. The predicted octanol–water partition coefficient (Wildman–Crippen LogP) is 2.98. The normalized spacial score (nSPS) is 10.3. The van der Waals surface area contributed by atoms with Gasteiger partial charge in [-0.05, 0) is 34.5 Å². The number of hydrogen-bond donors (Lipinski definition) is 2. The van der Waals surface area contributed by atoms with Crippen molar-refractivity contribution in [3.05, 3.63) is 40.5 Å². The summed E-state index contributed by atoms with van der Waals surface area (Å²) in [6.07, 6.45) is 1.68. The van der Waals surface area contributed by atoms with E-state index in [0.29, 0.717) is 5.95 Å². The third-order valence-electron chi connectivity index (χ3n) is 2.14. The van der Waals surface area contributed by atoms with Gasteiger partial charge in [0.2, 0.25) is 5.95 Å². The van der Waals surface area contributed by atoms with Crippen LogP contribution in [-0.2, 0) is 0 Å². The van der Waals surface area contributed by atoms with Crippen LogP contribution >= 0.6 is 27.7 Å². The number of aromatic nitrogens is 2. The molecule has 0 aliphatic carbocycles. The summed E-state index contributed by atoms with van der Waals surface area (Å²) < 4.78 is 0.852. The highest BCUT2D eigenvalue weighted by atomic mass is 79.9. The van der Waals surface area contributed by atoms with E-state index in [0.717, 1.165) is 14.4 Å². The molecule has 17 heavy (non-hydrogen) atoms. The standard InChI is InChI=1S/C11H11BrN4S/c1-7-4-2-3-5-9(7)17-10-8(12)6-14-11(15-10)16-13/h2-6H,13H2,1H3,(H,14,15,16). The number of nitrogens with zero attached hydrogens (tertiary/aromatic N) is 2. The summed E-state index contributed by atoms with van der Waals surface area (Å²) in [6.45, 7) is 2.07. The van der Waals surface area contributed by atoms with Crippen LogP contribution in [0, 0.1) is 6.92 Å². The Morgan fingerprint density at radius 3 is 2.82 bits per heavy atom. The third kappa shape index (κ3) is 2.96. The zero-order valence-corrected chi connectivity index (χ0v) is 11.5. The van der Waals surface area contributed by atoms with E-state index in [4.69, 9.17) is 5.84 Å². The molecule has 4 nitrogen and oxygen atoms in total. The van der Waals surface area contributed by atoms with Crippen molar-refractivity contribution in [2.75, 3.05) is 5.43 Å². The first-order valence-corrected chi connectivity index (χ1v) is 6.54. The summed E-state index contributed by atoms with van der Waals surface area (Å²) in [5.41, 5.74) is 3.65. The number of benzene rings is 1. The van der Waals surface area contributed by atoms with Gasteiger partial charge in [0.1, 0.15) is 5.03 Å². The van der Waals surface area contributed by atoms with Gasteiger partial charge in [0.25, 0.3) is 0 Å². The highest BCUT2D eigenvalue weighted by Crippen LogP contribution is 2.33. The molecule has 2 aromatic rings. The van der Waals surface area contributed by atoms with Gasteiger partial charge in [-0.2, -0.15) is 0 Å². The van der Waals surface area contributed by atoms with Crippen molar-refractivity contribution < 1.29 is 0 Å². The molecule has 6 heteroatoms. The van der Waals surface area contributed by atoms with Crippen LogP contribution in [0.4, 0.5) is 5.95 Å². The van der Waals surface area contributed by atoms with E-state index in [-0.39, 0.29) is 0 Å². The lowest BCUT2D eigenvalue weighted by Gasteiger charge is -2.07. The van der Waals surface area contributed by atoms with E-state index >= 15 is 0 Å². The Morgan fingerprint density at radius 2 is 2.12 bits per heavy atom. The van der Waals surface area contributed by atoms with Crippen molar-refractivity contribution in [3.63, 3.8) is 0 Å². The van der Waals surface area contributed by atoms with Gasteiger partial charge in [-0.25, -0.2) is 15.8 Å². The molecular formula is C11H11BrN4S. The van der Waals surface area contributed by atoms with Gasteiger partial charge in [0.05, 0.1) is 4.47 Å². The summed E-state index contributed by atoms with van der Waals surface area (Å²) in [6, 6.07) is 8.15. The van der Waals surface area contributed by atoms with Gasteiger partial charge in [0, 0.05) is 11.1 Å². The van der Waals surface area contributed by atoms with Crippen LogP contribution in [0.3, 0.4) is 0 Å². The first-order chi connectivity index (χ1) is 8.20. The van der Waals surface area contributed by atoms with E-state index < -0.39 is 0 Å². The number of nitrogens with one attached hydrogen (secondary N) is 1. The van der Waals surface area contributed by atoms with E-state index in [2.05, 4.69) is 50.4 Å². The Hall–Kier alpha value is -1.11. The maximum atomic E-state index is 5.29. The lowest BCUT2D eigenvalue weighted by molar-refractivity contribution is 1.01. The van der Waals surface area contributed by atoms with Crippen molar-refractivity contribution in [2.24, 2.45) is 5.84 Å². The number of hydrazine groups is 1. The predicted molar refractivity (Wildman–Crippen MR) is 72.8 cm³/mol. The van der Waals surface area contributed by atoms with Crippen molar-refractivity contribution in [1.29, 1.82) is 0 Å².